The third-order valence-electron chi connectivity index (χ3n) is 2.48. The first-order valence-electron chi connectivity index (χ1n) is 5.33. The highest BCUT2D eigenvalue weighted by atomic mass is 16.5. The van der Waals surface area contributed by atoms with E-state index in [9.17, 15) is 0 Å². The quantitative estimate of drug-likeness (QED) is 0.726. The van der Waals surface area contributed by atoms with E-state index >= 15 is 0 Å². The molecule has 81 valence electrons. The molecule has 0 bridgehead atoms. The van der Waals surface area contributed by atoms with Crippen molar-refractivity contribution in [2.45, 2.75) is 0 Å². The van der Waals surface area contributed by atoms with Crippen molar-refractivity contribution in [3.63, 3.8) is 0 Å². The Morgan fingerprint density at radius 2 is 2.00 bits per heavy atom. The Labute approximate surface area is 90.3 Å². The lowest BCUT2D eigenvalue weighted by Gasteiger charge is -2.26. The summed E-state index contributed by atoms with van der Waals surface area (Å²) in [6, 6.07) is 3.86. The molecule has 15 heavy (non-hydrogen) atoms. The topological polar surface area (TPSA) is 39.5 Å². The van der Waals surface area contributed by atoms with Crippen molar-refractivity contribution in [3.8, 4) is 0 Å². The Kier molecular flexibility index (Phi) is 3.93. The van der Waals surface area contributed by atoms with Crippen LogP contribution in [0.25, 0.3) is 0 Å². The highest BCUT2D eigenvalue weighted by molar-refractivity contribution is 5.31. The van der Waals surface area contributed by atoms with Gasteiger partial charge in [-0.3, -0.25) is 15.2 Å². The molecule has 2 rings (SSSR count). The van der Waals surface area contributed by atoms with Gasteiger partial charge in [-0.1, -0.05) is 0 Å². The van der Waals surface area contributed by atoms with Gasteiger partial charge in [0.25, 0.3) is 0 Å². The molecule has 1 fully saturated rings. The summed E-state index contributed by atoms with van der Waals surface area (Å²) < 4.78 is 5.28. The minimum Gasteiger partial charge on any atom is -0.379 e. The number of pyridine rings is 1. The number of hydrogen-bond donors (Lipinski definition) is 0. The van der Waals surface area contributed by atoms with E-state index in [0.29, 0.717) is 0 Å². The average Bonchev–Trinajstić information content (AvgIpc) is 2.32. The van der Waals surface area contributed by atoms with Crippen LogP contribution in [0.1, 0.15) is 0 Å². The fourth-order valence-corrected chi connectivity index (χ4v) is 1.59. The largest absolute Gasteiger partial charge is 0.379 e. The number of ether oxygens (including phenoxy) is 1. The maximum atomic E-state index is 5.28. The molecule has 1 aliphatic rings. The summed E-state index contributed by atoms with van der Waals surface area (Å²) in [5, 5.41) is 4.48. The van der Waals surface area contributed by atoms with Crippen molar-refractivity contribution >= 4 is 5.69 Å². The molecule has 1 radical (unpaired) electrons. The van der Waals surface area contributed by atoms with Crippen molar-refractivity contribution in [3.05, 3.63) is 24.5 Å². The van der Waals surface area contributed by atoms with Gasteiger partial charge in [0.15, 0.2) is 0 Å². The van der Waals surface area contributed by atoms with Gasteiger partial charge in [-0.2, -0.15) is 0 Å². The maximum Gasteiger partial charge on any atom is 0.0605 e. The second kappa shape index (κ2) is 5.68. The third-order valence-corrected chi connectivity index (χ3v) is 2.48. The lowest BCUT2D eigenvalue weighted by Crippen LogP contribution is -2.38. The fourth-order valence-electron chi connectivity index (χ4n) is 1.59. The van der Waals surface area contributed by atoms with Crippen LogP contribution < -0.4 is 5.32 Å². The Morgan fingerprint density at radius 3 is 2.73 bits per heavy atom. The molecule has 0 amide bonds. The number of rotatable bonds is 4. The molecule has 0 aliphatic carbocycles. The van der Waals surface area contributed by atoms with Gasteiger partial charge in [0.1, 0.15) is 0 Å². The molecule has 1 aromatic rings. The van der Waals surface area contributed by atoms with Crippen LogP contribution in [0.3, 0.4) is 0 Å². The van der Waals surface area contributed by atoms with E-state index in [1.165, 1.54) is 0 Å². The van der Waals surface area contributed by atoms with Gasteiger partial charge in [0, 0.05) is 32.0 Å². The predicted octanol–water partition coefficient (Wildman–Crippen LogP) is 0.650. The molecular formula is C11H16N3O. The zero-order chi connectivity index (χ0) is 10.3. The minimum atomic E-state index is 0.851. The number of morpholine rings is 1. The summed E-state index contributed by atoms with van der Waals surface area (Å²) in [7, 11) is 0. The zero-order valence-corrected chi connectivity index (χ0v) is 8.80. The lowest BCUT2D eigenvalue weighted by atomic mass is 10.4. The van der Waals surface area contributed by atoms with Gasteiger partial charge in [-0.25, -0.2) is 0 Å². The molecule has 1 saturated heterocycles. The second-order valence-electron chi connectivity index (χ2n) is 3.54. The Balaban J connectivity index is 1.66. The monoisotopic (exact) mass is 206 g/mol. The molecule has 0 aromatic carbocycles. The van der Waals surface area contributed by atoms with Crippen molar-refractivity contribution in [1.29, 1.82) is 0 Å². The average molecular weight is 206 g/mol. The molecule has 0 N–H and O–H groups in total. The second-order valence-corrected chi connectivity index (χ2v) is 3.54. The van der Waals surface area contributed by atoms with Gasteiger partial charge in [-0.15, -0.1) is 0 Å². The molecule has 0 spiro atoms. The van der Waals surface area contributed by atoms with Gasteiger partial charge in [0.05, 0.1) is 25.4 Å². The van der Waals surface area contributed by atoms with Crippen LogP contribution >= 0.6 is 0 Å². The molecule has 0 unspecified atom stereocenters. The third kappa shape index (κ3) is 3.49. The normalized spacial score (nSPS) is 17.6. The Bertz CT molecular complexity index is 272. The van der Waals surface area contributed by atoms with Crippen molar-refractivity contribution in [2.75, 3.05) is 39.4 Å². The Morgan fingerprint density at radius 1 is 1.27 bits per heavy atom. The number of nitrogens with zero attached hydrogens (tertiary/aromatic N) is 3. The molecule has 2 heterocycles. The maximum absolute atomic E-state index is 5.28. The van der Waals surface area contributed by atoms with E-state index in [1.807, 2.05) is 12.1 Å². The predicted molar refractivity (Wildman–Crippen MR) is 58.2 cm³/mol. The van der Waals surface area contributed by atoms with E-state index < -0.39 is 0 Å². The summed E-state index contributed by atoms with van der Waals surface area (Å²) in [5.74, 6) is 0. The molecule has 0 saturated carbocycles. The SMILES string of the molecule is c1cc([N]CCN2CCOCC2)ccn1. The van der Waals surface area contributed by atoms with Crippen LogP contribution in [-0.2, 0) is 4.74 Å². The minimum absolute atomic E-state index is 0.851. The van der Waals surface area contributed by atoms with Crippen molar-refractivity contribution in [1.82, 2.24) is 15.2 Å². The molecule has 4 heteroatoms. The van der Waals surface area contributed by atoms with Gasteiger partial charge >= 0.3 is 0 Å². The number of aromatic nitrogens is 1. The summed E-state index contributed by atoms with van der Waals surface area (Å²) in [4.78, 5) is 6.34. The summed E-state index contributed by atoms with van der Waals surface area (Å²) in [5.41, 5.74) is 1.01. The van der Waals surface area contributed by atoms with Crippen LogP contribution in [0.4, 0.5) is 5.69 Å². The number of hydrogen-bond acceptors (Lipinski definition) is 3. The first-order valence-corrected chi connectivity index (χ1v) is 5.33. The smallest absolute Gasteiger partial charge is 0.0605 e. The summed E-state index contributed by atoms with van der Waals surface area (Å²) in [6.07, 6.45) is 3.54. The van der Waals surface area contributed by atoms with Crippen LogP contribution in [0.2, 0.25) is 0 Å². The van der Waals surface area contributed by atoms with Crippen molar-refractivity contribution < 1.29 is 4.74 Å². The first-order chi connectivity index (χ1) is 7.45. The fraction of sp³-hybridized carbons (Fsp3) is 0.545. The lowest BCUT2D eigenvalue weighted by molar-refractivity contribution is 0.0387. The van der Waals surface area contributed by atoms with Crippen LogP contribution in [-0.4, -0.2) is 49.3 Å². The first kappa shape index (κ1) is 10.4. The molecule has 4 nitrogen and oxygen atoms in total. The molecular weight excluding hydrogens is 190 g/mol. The Hall–Kier alpha value is -1.13. The van der Waals surface area contributed by atoms with E-state index in [1.54, 1.807) is 12.4 Å². The standard InChI is InChI=1S/C11H16N3O/c1-3-12-4-2-11(1)13-5-6-14-7-9-15-10-8-14/h1-4H,5-10H2. The van der Waals surface area contributed by atoms with E-state index in [2.05, 4.69) is 15.2 Å². The van der Waals surface area contributed by atoms with Gasteiger partial charge in [0.2, 0.25) is 0 Å². The van der Waals surface area contributed by atoms with E-state index in [-0.39, 0.29) is 0 Å². The highest BCUT2D eigenvalue weighted by Gasteiger charge is 2.09. The molecule has 0 atom stereocenters. The van der Waals surface area contributed by atoms with Gasteiger partial charge < -0.3 is 4.74 Å². The van der Waals surface area contributed by atoms with E-state index in [4.69, 9.17) is 4.74 Å². The van der Waals surface area contributed by atoms with Crippen LogP contribution in [0.15, 0.2) is 24.5 Å². The summed E-state index contributed by atoms with van der Waals surface area (Å²) >= 11 is 0. The van der Waals surface area contributed by atoms with Crippen LogP contribution in [0.5, 0.6) is 0 Å². The zero-order valence-electron chi connectivity index (χ0n) is 8.80. The van der Waals surface area contributed by atoms with E-state index in [0.717, 1.165) is 45.1 Å². The summed E-state index contributed by atoms with van der Waals surface area (Å²) in [6.45, 7) is 5.65. The van der Waals surface area contributed by atoms with Crippen molar-refractivity contribution in [2.24, 2.45) is 0 Å². The van der Waals surface area contributed by atoms with Crippen LogP contribution in [0, 0.1) is 0 Å². The highest BCUT2D eigenvalue weighted by Crippen LogP contribution is 2.03. The van der Waals surface area contributed by atoms with Gasteiger partial charge in [-0.05, 0) is 12.1 Å². The molecule has 1 aliphatic heterocycles. The molecule has 1 aromatic heterocycles.